The molecule has 0 saturated carbocycles. The summed E-state index contributed by atoms with van der Waals surface area (Å²) in [5.41, 5.74) is 4.78. The van der Waals surface area contributed by atoms with Crippen LogP contribution in [0.5, 0.6) is 0 Å². The summed E-state index contributed by atoms with van der Waals surface area (Å²) in [6.45, 7) is 3.07. The lowest BCUT2D eigenvalue weighted by molar-refractivity contribution is 0.400. The van der Waals surface area contributed by atoms with Crippen molar-refractivity contribution in [2.24, 2.45) is 0 Å². The minimum atomic E-state index is -0.165. The third-order valence-electron chi connectivity index (χ3n) is 5.21. The summed E-state index contributed by atoms with van der Waals surface area (Å²) in [5, 5.41) is 4.73. The molecular formula is C25H27N5O. The molecule has 0 amide bonds. The van der Waals surface area contributed by atoms with Crippen LogP contribution in [0.1, 0.15) is 17.5 Å². The van der Waals surface area contributed by atoms with Gasteiger partial charge in [0.25, 0.3) is 5.56 Å². The predicted molar refractivity (Wildman–Crippen MR) is 127 cm³/mol. The van der Waals surface area contributed by atoms with Crippen LogP contribution in [0, 0.1) is 6.92 Å². The quantitative estimate of drug-likeness (QED) is 0.466. The lowest BCUT2D eigenvalue weighted by Crippen LogP contribution is -2.13. The standard InChI is InChI=1S/C25H27N5O/c1-17-13-20(16-26-15-17)22-14-19-10-11-27-25(31)23(19)24(29-22)28-21-8-6-18(7-9-21)5-4-12-30(2)3/h6-11,13-16H,4-5,12H2,1-3H3,(H,27,31)(H,28,29). The van der Waals surface area contributed by atoms with Crippen molar-refractivity contribution in [3.05, 3.63) is 82.5 Å². The van der Waals surface area contributed by atoms with Crippen LogP contribution in [0.4, 0.5) is 11.5 Å². The second-order valence-corrected chi connectivity index (χ2v) is 8.11. The van der Waals surface area contributed by atoms with Gasteiger partial charge in [-0.3, -0.25) is 9.78 Å². The third-order valence-corrected chi connectivity index (χ3v) is 5.21. The number of nitrogens with zero attached hydrogens (tertiary/aromatic N) is 3. The maximum atomic E-state index is 12.6. The highest BCUT2D eigenvalue weighted by Crippen LogP contribution is 2.28. The van der Waals surface area contributed by atoms with E-state index in [2.05, 4.69) is 46.4 Å². The van der Waals surface area contributed by atoms with Gasteiger partial charge in [-0.15, -0.1) is 0 Å². The number of fused-ring (bicyclic) bond motifs is 1. The summed E-state index contributed by atoms with van der Waals surface area (Å²) in [6, 6.07) is 14.2. The Hall–Kier alpha value is -3.51. The molecule has 6 nitrogen and oxygen atoms in total. The van der Waals surface area contributed by atoms with Crippen molar-refractivity contribution >= 4 is 22.3 Å². The second-order valence-electron chi connectivity index (χ2n) is 8.11. The summed E-state index contributed by atoms with van der Waals surface area (Å²) in [4.78, 5) is 26.6. The Balaban J connectivity index is 1.67. The fraction of sp³-hybridized carbons (Fsp3) is 0.240. The monoisotopic (exact) mass is 413 g/mol. The van der Waals surface area contributed by atoms with Gasteiger partial charge in [-0.2, -0.15) is 0 Å². The van der Waals surface area contributed by atoms with Crippen LogP contribution in [0.15, 0.2) is 65.8 Å². The number of aromatic nitrogens is 3. The molecule has 0 saturated heterocycles. The van der Waals surface area contributed by atoms with Crippen molar-refractivity contribution in [3.63, 3.8) is 0 Å². The second kappa shape index (κ2) is 9.10. The first-order chi connectivity index (χ1) is 15.0. The normalized spacial score (nSPS) is 11.2. The molecule has 0 aliphatic heterocycles. The van der Waals surface area contributed by atoms with Gasteiger partial charge >= 0.3 is 0 Å². The van der Waals surface area contributed by atoms with E-state index in [-0.39, 0.29) is 5.56 Å². The lowest BCUT2D eigenvalue weighted by atomic mass is 10.1. The number of anilines is 2. The Labute approximate surface area is 182 Å². The summed E-state index contributed by atoms with van der Waals surface area (Å²) in [7, 11) is 4.18. The van der Waals surface area contributed by atoms with Crippen LogP contribution in [-0.2, 0) is 6.42 Å². The highest BCUT2D eigenvalue weighted by molar-refractivity contribution is 5.95. The van der Waals surface area contributed by atoms with Crippen LogP contribution >= 0.6 is 0 Å². The molecule has 0 fully saturated rings. The zero-order valence-corrected chi connectivity index (χ0v) is 18.1. The minimum absolute atomic E-state index is 0.165. The Morgan fingerprint density at radius 3 is 2.61 bits per heavy atom. The summed E-state index contributed by atoms with van der Waals surface area (Å²) < 4.78 is 0. The number of aryl methyl sites for hydroxylation is 2. The van der Waals surface area contributed by atoms with Gasteiger partial charge in [-0.1, -0.05) is 12.1 Å². The Morgan fingerprint density at radius 1 is 1.06 bits per heavy atom. The van der Waals surface area contributed by atoms with Crippen LogP contribution in [0.2, 0.25) is 0 Å². The third kappa shape index (κ3) is 4.98. The maximum Gasteiger partial charge on any atom is 0.259 e. The van der Waals surface area contributed by atoms with Crippen molar-refractivity contribution in [1.29, 1.82) is 0 Å². The fourth-order valence-electron chi connectivity index (χ4n) is 3.64. The van der Waals surface area contributed by atoms with Gasteiger partial charge in [0.15, 0.2) is 0 Å². The molecule has 1 aromatic carbocycles. The van der Waals surface area contributed by atoms with Crippen LogP contribution in [-0.4, -0.2) is 40.5 Å². The van der Waals surface area contributed by atoms with E-state index in [1.54, 1.807) is 12.4 Å². The van der Waals surface area contributed by atoms with E-state index in [0.29, 0.717) is 11.2 Å². The minimum Gasteiger partial charge on any atom is -0.340 e. The predicted octanol–water partition coefficient (Wildman–Crippen LogP) is 4.53. The van der Waals surface area contributed by atoms with E-state index in [0.717, 1.165) is 47.3 Å². The molecule has 6 heteroatoms. The fourth-order valence-corrected chi connectivity index (χ4v) is 3.64. The van der Waals surface area contributed by atoms with Gasteiger partial charge in [-0.05, 0) is 87.3 Å². The molecule has 0 spiro atoms. The molecule has 0 aliphatic rings. The first kappa shape index (κ1) is 20.8. The largest absolute Gasteiger partial charge is 0.340 e. The Kier molecular flexibility index (Phi) is 6.09. The Bertz CT molecular complexity index is 1240. The van der Waals surface area contributed by atoms with Gasteiger partial charge in [0.05, 0.1) is 11.1 Å². The lowest BCUT2D eigenvalue weighted by Gasteiger charge is -2.12. The number of H-pyrrole nitrogens is 1. The van der Waals surface area contributed by atoms with Crippen molar-refractivity contribution in [2.45, 2.75) is 19.8 Å². The highest BCUT2D eigenvalue weighted by Gasteiger charge is 2.12. The molecule has 4 rings (SSSR count). The first-order valence-corrected chi connectivity index (χ1v) is 10.4. The van der Waals surface area contributed by atoms with Crippen molar-refractivity contribution in [1.82, 2.24) is 19.9 Å². The first-order valence-electron chi connectivity index (χ1n) is 10.4. The van der Waals surface area contributed by atoms with Gasteiger partial charge in [0.2, 0.25) is 0 Å². The number of hydrogen-bond donors (Lipinski definition) is 2. The number of rotatable bonds is 7. The van der Waals surface area contributed by atoms with Crippen LogP contribution < -0.4 is 10.9 Å². The van der Waals surface area contributed by atoms with Gasteiger partial charge in [-0.25, -0.2) is 4.98 Å². The molecule has 3 aromatic heterocycles. The van der Waals surface area contributed by atoms with E-state index in [1.165, 1.54) is 5.56 Å². The van der Waals surface area contributed by atoms with E-state index < -0.39 is 0 Å². The van der Waals surface area contributed by atoms with E-state index in [1.807, 2.05) is 43.5 Å². The molecule has 2 N–H and O–H groups in total. The maximum absolute atomic E-state index is 12.6. The van der Waals surface area contributed by atoms with Gasteiger partial charge in [0.1, 0.15) is 5.82 Å². The van der Waals surface area contributed by atoms with Crippen molar-refractivity contribution in [2.75, 3.05) is 26.0 Å². The highest BCUT2D eigenvalue weighted by atomic mass is 16.1. The molecule has 0 aliphatic carbocycles. The molecule has 31 heavy (non-hydrogen) atoms. The number of nitrogens with one attached hydrogen (secondary N) is 2. The molecule has 0 bridgehead atoms. The molecule has 158 valence electrons. The van der Waals surface area contributed by atoms with Gasteiger partial charge < -0.3 is 15.2 Å². The van der Waals surface area contributed by atoms with E-state index in [4.69, 9.17) is 4.98 Å². The number of benzene rings is 1. The summed E-state index contributed by atoms with van der Waals surface area (Å²) in [6.07, 6.45) is 7.42. The number of hydrogen-bond acceptors (Lipinski definition) is 5. The van der Waals surface area contributed by atoms with Crippen molar-refractivity contribution < 1.29 is 0 Å². The average Bonchev–Trinajstić information content (AvgIpc) is 2.74. The summed E-state index contributed by atoms with van der Waals surface area (Å²) in [5.74, 6) is 0.538. The van der Waals surface area contributed by atoms with Crippen molar-refractivity contribution in [3.8, 4) is 11.3 Å². The number of pyridine rings is 3. The molecule has 0 radical (unpaired) electrons. The zero-order valence-electron chi connectivity index (χ0n) is 18.1. The van der Waals surface area contributed by atoms with Crippen LogP contribution in [0.25, 0.3) is 22.0 Å². The van der Waals surface area contributed by atoms with Crippen LogP contribution in [0.3, 0.4) is 0 Å². The zero-order chi connectivity index (χ0) is 21.8. The molecule has 0 atom stereocenters. The molecule has 3 heterocycles. The summed E-state index contributed by atoms with van der Waals surface area (Å²) >= 11 is 0. The van der Waals surface area contributed by atoms with E-state index >= 15 is 0 Å². The van der Waals surface area contributed by atoms with E-state index in [9.17, 15) is 4.79 Å². The average molecular weight is 414 g/mol. The molecular weight excluding hydrogens is 386 g/mol. The molecule has 0 unspecified atom stereocenters. The molecule has 4 aromatic rings. The van der Waals surface area contributed by atoms with Gasteiger partial charge in [0, 0.05) is 29.8 Å². The smallest absolute Gasteiger partial charge is 0.259 e. The SMILES string of the molecule is Cc1cncc(-c2cc3cc[nH]c(=O)c3c(Nc3ccc(CCCN(C)C)cc3)n2)c1. The Morgan fingerprint density at radius 2 is 1.87 bits per heavy atom. The topological polar surface area (TPSA) is 73.9 Å². The number of aromatic amines is 1.